The Morgan fingerprint density at radius 3 is 0.778 bits per heavy atom. The molecular formula is C24H14Br8N4. The van der Waals surface area contributed by atoms with Crippen LogP contribution in [0, 0.1) is 27.7 Å². The molecule has 0 aromatic carbocycles. The number of fused-ring (bicyclic) bond motifs is 8. The van der Waals surface area contributed by atoms with Gasteiger partial charge in [0.05, 0.1) is 80.7 Å². The lowest BCUT2D eigenvalue weighted by atomic mass is 10.2. The van der Waals surface area contributed by atoms with Crippen LogP contribution in [0.3, 0.4) is 0 Å². The van der Waals surface area contributed by atoms with Gasteiger partial charge < -0.3 is 9.97 Å². The largest absolute Gasteiger partial charge is 0.353 e. The Balaban J connectivity index is 2.13. The molecule has 3 aromatic rings. The summed E-state index contributed by atoms with van der Waals surface area (Å²) in [6.07, 6.45) is 0. The monoisotopic (exact) mass is 989 g/mol. The number of hydrogen-bond acceptors (Lipinski definition) is 2. The number of hydrogen-bond donors (Lipinski definition) is 2. The molecule has 186 valence electrons. The lowest BCUT2D eigenvalue weighted by molar-refractivity contribution is 1.23. The van der Waals surface area contributed by atoms with E-state index in [9.17, 15) is 0 Å². The fourth-order valence-corrected chi connectivity index (χ4v) is 8.92. The van der Waals surface area contributed by atoms with Crippen molar-refractivity contribution in [2.75, 3.05) is 0 Å². The first-order valence-electron chi connectivity index (χ1n) is 10.4. The van der Waals surface area contributed by atoms with Crippen molar-refractivity contribution in [3.63, 3.8) is 0 Å². The predicted octanol–water partition coefficient (Wildman–Crippen LogP) is 11.8. The highest BCUT2D eigenvalue weighted by Crippen LogP contribution is 2.47. The van der Waals surface area contributed by atoms with Gasteiger partial charge in [-0.1, -0.05) is 0 Å². The summed E-state index contributed by atoms with van der Waals surface area (Å²) in [5.74, 6) is 0. The van der Waals surface area contributed by atoms with Crippen molar-refractivity contribution in [1.82, 2.24) is 19.9 Å². The Hall–Kier alpha value is 0.440. The minimum absolute atomic E-state index is 0.851. The van der Waals surface area contributed by atoms with Crippen LogP contribution in [0.4, 0.5) is 0 Å². The van der Waals surface area contributed by atoms with Gasteiger partial charge in [0.2, 0.25) is 0 Å². The Labute approximate surface area is 274 Å². The van der Waals surface area contributed by atoms with Crippen molar-refractivity contribution >= 4 is 167 Å². The maximum Gasteiger partial charge on any atom is 0.0842 e. The van der Waals surface area contributed by atoms with E-state index in [0.29, 0.717) is 0 Å². The van der Waals surface area contributed by atoms with Gasteiger partial charge in [0.1, 0.15) is 0 Å². The average molecular weight is 998 g/mol. The van der Waals surface area contributed by atoms with Gasteiger partial charge in [-0.25, -0.2) is 9.97 Å². The van der Waals surface area contributed by atoms with Crippen molar-refractivity contribution in [3.05, 3.63) is 62.9 Å². The average Bonchev–Trinajstić information content (AvgIpc) is 3.52. The second kappa shape index (κ2) is 10.1. The molecule has 0 unspecified atom stereocenters. The minimum Gasteiger partial charge on any atom is -0.353 e. The maximum absolute atomic E-state index is 5.07. The van der Waals surface area contributed by atoms with Crippen LogP contribution >= 0.6 is 127 Å². The van der Waals surface area contributed by atoms with E-state index in [2.05, 4.69) is 165 Å². The van der Waals surface area contributed by atoms with Crippen molar-refractivity contribution in [2.24, 2.45) is 0 Å². The summed E-state index contributed by atoms with van der Waals surface area (Å²) >= 11 is 30.3. The molecule has 2 aliphatic rings. The molecule has 5 heterocycles. The van der Waals surface area contributed by atoms with Crippen LogP contribution in [0.2, 0.25) is 0 Å². The SMILES string of the molecule is Cc1c2nc(c(C)c3[nH]c(c(C)c4nc(c(C)c5[nH]c1c(Br)c5Br)C(Br)=C4Br)c(Br)c3Br)C(Br)=C2Br. The number of aryl methyl sites for hydroxylation is 4. The number of nitrogens with one attached hydrogen (secondary N) is 2. The molecule has 0 radical (unpaired) electrons. The maximum atomic E-state index is 5.07. The van der Waals surface area contributed by atoms with Gasteiger partial charge in [-0.15, -0.1) is 0 Å². The summed E-state index contributed by atoms with van der Waals surface area (Å²) in [5, 5.41) is 0. The van der Waals surface area contributed by atoms with E-state index < -0.39 is 0 Å². The van der Waals surface area contributed by atoms with Crippen molar-refractivity contribution in [3.8, 4) is 0 Å². The fraction of sp³-hybridized carbons (Fsp3) is 0.167. The topological polar surface area (TPSA) is 57.4 Å². The molecule has 4 nitrogen and oxygen atoms in total. The third-order valence-corrected chi connectivity index (χ3v) is 14.7. The highest BCUT2D eigenvalue weighted by Gasteiger charge is 2.26. The van der Waals surface area contributed by atoms with Crippen LogP contribution in [0.5, 0.6) is 0 Å². The normalized spacial score (nSPS) is 13.9. The summed E-state index contributed by atoms with van der Waals surface area (Å²) in [6.45, 7) is 8.25. The van der Waals surface area contributed by atoms with Gasteiger partial charge in [-0.2, -0.15) is 0 Å². The zero-order valence-electron chi connectivity index (χ0n) is 18.9. The zero-order chi connectivity index (χ0) is 26.4. The molecule has 8 bridgehead atoms. The zero-order valence-corrected chi connectivity index (χ0v) is 31.6. The molecule has 0 fully saturated rings. The summed E-state index contributed by atoms with van der Waals surface area (Å²) < 4.78 is 7.31. The van der Waals surface area contributed by atoms with Gasteiger partial charge in [0.25, 0.3) is 0 Å². The molecule has 0 spiro atoms. The van der Waals surface area contributed by atoms with Gasteiger partial charge >= 0.3 is 0 Å². The summed E-state index contributed by atoms with van der Waals surface area (Å²) in [5.41, 5.74) is 11.1. The number of nitrogens with zero attached hydrogens (tertiary/aromatic N) is 2. The molecule has 2 N–H and O–H groups in total. The van der Waals surface area contributed by atoms with E-state index in [1.54, 1.807) is 0 Å². The highest BCUT2D eigenvalue weighted by molar-refractivity contribution is 9.18. The first kappa shape index (κ1) is 28.0. The van der Waals surface area contributed by atoms with E-state index in [4.69, 9.17) is 9.97 Å². The molecular weight excluding hydrogens is 984 g/mol. The molecule has 36 heavy (non-hydrogen) atoms. The van der Waals surface area contributed by atoms with Gasteiger partial charge in [-0.05, 0) is 155 Å². The van der Waals surface area contributed by atoms with Crippen LogP contribution in [0.25, 0.3) is 40.0 Å². The van der Waals surface area contributed by atoms with E-state index in [1.165, 1.54) is 0 Å². The van der Waals surface area contributed by atoms with Crippen LogP contribution in [-0.4, -0.2) is 19.9 Å². The van der Waals surface area contributed by atoms with Crippen molar-refractivity contribution in [2.45, 2.75) is 27.7 Å². The standard InChI is InChI=1S/C24H14Br8N4/c1-5-17-9(25)11(27)19(33-17)6(2)21-13(29)15(31)23(35-21)8(4)24-16(32)14(30)22(36-24)7(3)20-12(28)10(26)18(5)34-20/h33,36H,1-4H3. The molecule has 2 aliphatic heterocycles. The molecule has 0 amide bonds. The quantitative estimate of drug-likeness (QED) is 0.236. The minimum atomic E-state index is 0.851. The van der Waals surface area contributed by atoms with E-state index >= 15 is 0 Å². The molecule has 0 atom stereocenters. The second-order valence-electron chi connectivity index (χ2n) is 8.38. The Bertz CT molecular complexity index is 1510. The first-order chi connectivity index (χ1) is 16.9. The van der Waals surface area contributed by atoms with Gasteiger partial charge in [-0.3, -0.25) is 0 Å². The fourth-order valence-electron chi connectivity index (χ4n) is 4.25. The van der Waals surface area contributed by atoms with Crippen molar-refractivity contribution in [1.29, 1.82) is 0 Å². The van der Waals surface area contributed by atoms with Crippen LogP contribution < -0.4 is 0 Å². The lowest BCUT2D eigenvalue weighted by Gasteiger charge is -1.99. The van der Waals surface area contributed by atoms with Crippen LogP contribution in [0.1, 0.15) is 45.0 Å². The molecule has 0 saturated carbocycles. The van der Waals surface area contributed by atoms with E-state index in [-0.39, 0.29) is 0 Å². The van der Waals surface area contributed by atoms with E-state index in [1.807, 2.05) is 0 Å². The number of halogens is 8. The first-order valence-corrected chi connectivity index (χ1v) is 16.8. The molecule has 0 aliphatic carbocycles. The van der Waals surface area contributed by atoms with Crippen LogP contribution in [-0.2, 0) is 0 Å². The van der Waals surface area contributed by atoms with Gasteiger partial charge in [0.15, 0.2) is 0 Å². The summed E-state index contributed by atoms with van der Waals surface area (Å²) in [4.78, 5) is 17.4. The second-order valence-corrected chi connectivity index (χ2v) is 14.7. The smallest absolute Gasteiger partial charge is 0.0842 e. The predicted molar refractivity (Wildman–Crippen MR) is 180 cm³/mol. The molecule has 3 aromatic heterocycles. The molecule has 12 heteroatoms. The molecule has 5 rings (SSSR count). The number of aromatic nitrogens is 4. The highest BCUT2D eigenvalue weighted by atomic mass is 79.9. The van der Waals surface area contributed by atoms with E-state index in [0.717, 1.165) is 103 Å². The Morgan fingerprint density at radius 1 is 0.389 bits per heavy atom. The van der Waals surface area contributed by atoms with Gasteiger partial charge in [0, 0.05) is 22.3 Å². The third-order valence-electron chi connectivity index (χ3n) is 6.35. The third kappa shape index (κ3) is 4.14. The summed E-state index contributed by atoms with van der Waals surface area (Å²) in [6, 6.07) is 0. The Morgan fingerprint density at radius 2 is 0.583 bits per heavy atom. The summed E-state index contributed by atoms with van der Waals surface area (Å²) in [7, 11) is 0. The molecule has 0 saturated heterocycles. The van der Waals surface area contributed by atoms with Crippen molar-refractivity contribution < 1.29 is 0 Å². The Kier molecular flexibility index (Phi) is 7.87. The number of H-pyrrole nitrogens is 2. The lowest BCUT2D eigenvalue weighted by Crippen LogP contribution is -1.88. The van der Waals surface area contributed by atoms with Crippen LogP contribution in [0.15, 0.2) is 17.9 Å². The number of rotatable bonds is 0. The number of aromatic amines is 2.